The van der Waals surface area contributed by atoms with Crippen molar-refractivity contribution < 1.29 is 8.42 Å². The topological polar surface area (TPSA) is 58.2 Å². The summed E-state index contributed by atoms with van der Waals surface area (Å²) in [4.78, 5) is 0. The number of unbranched alkanes of at least 4 members (excludes halogenated alkanes) is 1. The van der Waals surface area contributed by atoms with Gasteiger partial charge in [0.05, 0.1) is 5.75 Å². The van der Waals surface area contributed by atoms with Gasteiger partial charge in [-0.3, -0.25) is 4.72 Å². The minimum Gasteiger partial charge on any atom is -0.385 e. The molecule has 102 valence electrons. The first kappa shape index (κ1) is 14.8. The summed E-state index contributed by atoms with van der Waals surface area (Å²) >= 11 is 0. The van der Waals surface area contributed by atoms with Crippen molar-refractivity contribution in [3.8, 4) is 0 Å². The van der Waals surface area contributed by atoms with Crippen LogP contribution in [0.2, 0.25) is 0 Å². The fourth-order valence-electron chi connectivity index (χ4n) is 1.49. The van der Waals surface area contributed by atoms with Crippen molar-refractivity contribution in [3.63, 3.8) is 0 Å². The van der Waals surface area contributed by atoms with Crippen LogP contribution < -0.4 is 10.0 Å². The Balaban J connectivity index is 2.57. The Morgan fingerprint density at radius 3 is 2.17 bits per heavy atom. The van der Waals surface area contributed by atoms with Crippen molar-refractivity contribution >= 4 is 21.4 Å². The van der Waals surface area contributed by atoms with Gasteiger partial charge in [0.1, 0.15) is 0 Å². The zero-order chi connectivity index (χ0) is 13.4. The summed E-state index contributed by atoms with van der Waals surface area (Å²) in [6.45, 7) is 4.99. The van der Waals surface area contributed by atoms with E-state index in [1.807, 2.05) is 19.1 Å². The molecule has 0 aliphatic carbocycles. The summed E-state index contributed by atoms with van der Waals surface area (Å²) in [5.41, 5.74) is 1.63. The van der Waals surface area contributed by atoms with Crippen LogP contribution in [-0.2, 0) is 10.0 Å². The number of anilines is 2. The number of benzene rings is 1. The van der Waals surface area contributed by atoms with Crippen LogP contribution in [0.25, 0.3) is 0 Å². The van der Waals surface area contributed by atoms with Gasteiger partial charge in [-0.05, 0) is 37.1 Å². The molecular formula is C13H22N2O2S. The van der Waals surface area contributed by atoms with Crippen LogP contribution >= 0.6 is 0 Å². The van der Waals surface area contributed by atoms with Crippen molar-refractivity contribution in [2.75, 3.05) is 22.3 Å². The molecule has 0 spiro atoms. The SMILES string of the molecule is CCCCS(=O)(=O)Nc1ccc(NCCC)cc1. The third-order valence-electron chi connectivity index (χ3n) is 2.50. The molecule has 0 aliphatic rings. The highest BCUT2D eigenvalue weighted by atomic mass is 32.2. The first-order valence-corrected chi connectivity index (χ1v) is 8.07. The Labute approximate surface area is 110 Å². The van der Waals surface area contributed by atoms with Gasteiger partial charge in [-0.1, -0.05) is 20.3 Å². The van der Waals surface area contributed by atoms with Crippen molar-refractivity contribution in [2.45, 2.75) is 33.1 Å². The Morgan fingerprint density at radius 1 is 1.00 bits per heavy atom. The molecule has 0 fully saturated rings. The average molecular weight is 270 g/mol. The normalized spacial score (nSPS) is 11.2. The van der Waals surface area contributed by atoms with Gasteiger partial charge in [0.2, 0.25) is 10.0 Å². The minimum absolute atomic E-state index is 0.180. The first-order chi connectivity index (χ1) is 8.57. The van der Waals surface area contributed by atoms with Crippen LogP contribution in [0.4, 0.5) is 11.4 Å². The van der Waals surface area contributed by atoms with Crippen LogP contribution in [0.5, 0.6) is 0 Å². The molecule has 0 aromatic heterocycles. The fraction of sp³-hybridized carbons (Fsp3) is 0.538. The molecule has 18 heavy (non-hydrogen) atoms. The highest BCUT2D eigenvalue weighted by Gasteiger charge is 2.08. The van der Waals surface area contributed by atoms with Gasteiger partial charge in [0.15, 0.2) is 0 Å². The van der Waals surface area contributed by atoms with Crippen molar-refractivity contribution in [1.29, 1.82) is 0 Å². The molecule has 0 saturated heterocycles. The molecule has 1 aromatic rings. The average Bonchev–Trinajstić information content (AvgIpc) is 2.35. The molecule has 1 aromatic carbocycles. The van der Waals surface area contributed by atoms with Crippen LogP contribution in [-0.4, -0.2) is 20.7 Å². The quantitative estimate of drug-likeness (QED) is 0.763. The highest BCUT2D eigenvalue weighted by Crippen LogP contribution is 2.15. The Morgan fingerprint density at radius 2 is 1.61 bits per heavy atom. The zero-order valence-corrected chi connectivity index (χ0v) is 11.9. The Hall–Kier alpha value is -1.23. The van der Waals surface area contributed by atoms with Gasteiger partial charge >= 0.3 is 0 Å². The Bertz CT molecular complexity index is 441. The van der Waals surface area contributed by atoms with E-state index in [4.69, 9.17) is 0 Å². The van der Waals surface area contributed by atoms with E-state index in [9.17, 15) is 8.42 Å². The summed E-state index contributed by atoms with van der Waals surface area (Å²) in [6, 6.07) is 7.32. The molecule has 0 radical (unpaired) electrons. The van der Waals surface area contributed by atoms with Crippen molar-refractivity contribution in [2.24, 2.45) is 0 Å². The number of hydrogen-bond acceptors (Lipinski definition) is 3. The van der Waals surface area contributed by atoms with Gasteiger partial charge in [0.25, 0.3) is 0 Å². The van der Waals surface area contributed by atoms with Gasteiger partial charge < -0.3 is 5.32 Å². The van der Waals surface area contributed by atoms with Gasteiger partial charge in [-0.25, -0.2) is 8.42 Å². The smallest absolute Gasteiger partial charge is 0.232 e. The van der Waals surface area contributed by atoms with Gasteiger partial charge in [0, 0.05) is 17.9 Å². The molecule has 2 N–H and O–H groups in total. The van der Waals surface area contributed by atoms with Gasteiger partial charge in [-0.15, -0.1) is 0 Å². The number of nitrogens with one attached hydrogen (secondary N) is 2. The van der Waals surface area contributed by atoms with E-state index < -0.39 is 10.0 Å². The van der Waals surface area contributed by atoms with Crippen molar-refractivity contribution in [1.82, 2.24) is 0 Å². The van der Waals surface area contributed by atoms with E-state index in [0.717, 1.165) is 25.1 Å². The first-order valence-electron chi connectivity index (χ1n) is 6.42. The highest BCUT2D eigenvalue weighted by molar-refractivity contribution is 7.92. The molecule has 0 amide bonds. The fourth-order valence-corrected chi connectivity index (χ4v) is 2.76. The third kappa shape index (κ3) is 5.40. The Kier molecular flexibility index (Phi) is 5.98. The van der Waals surface area contributed by atoms with Crippen LogP contribution in [0.3, 0.4) is 0 Å². The largest absolute Gasteiger partial charge is 0.385 e. The van der Waals surface area contributed by atoms with E-state index >= 15 is 0 Å². The number of hydrogen-bond donors (Lipinski definition) is 2. The van der Waals surface area contributed by atoms with Crippen LogP contribution in [0.1, 0.15) is 33.1 Å². The minimum atomic E-state index is -3.20. The molecule has 0 bridgehead atoms. The zero-order valence-electron chi connectivity index (χ0n) is 11.1. The van der Waals surface area contributed by atoms with E-state index in [-0.39, 0.29) is 5.75 Å². The molecule has 0 unspecified atom stereocenters. The summed E-state index contributed by atoms with van der Waals surface area (Å²) in [5, 5.41) is 3.24. The monoisotopic (exact) mass is 270 g/mol. The molecule has 0 atom stereocenters. The lowest BCUT2D eigenvalue weighted by atomic mass is 10.3. The van der Waals surface area contributed by atoms with E-state index in [1.165, 1.54) is 0 Å². The van der Waals surface area contributed by atoms with E-state index in [0.29, 0.717) is 12.1 Å². The van der Waals surface area contributed by atoms with Gasteiger partial charge in [-0.2, -0.15) is 0 Å². The molecular weight excluding hydrogens is 248 g/mol. The van der Waals surface area contributed by atoms with E-state index in [2.05, 4.69) is 17.0 Å². The number of rotatable bonds is 8. The second kappa shape index (κ2) is 7.26. The second-order valence-corrected chi connectivity index (χ2v) is 6.12. The molecule has 0 saturated carbocycles. The second-order valence-electron chi connectivity index (χ2n) is 4.28. The summed E-state index contributed by atoms with van der Waals surface area (Å²) < 4.78 is 26.0. The van der Waals surface area contributed by atoms with Crippen LogP contribution in [0, 0.1) is 0 Å². The molecule has 1 rings (SSSR count). The maximum absolute atomic E-state index is 11.7. The molecule has 0 aliphatic heterocycles. The molecule has 4 nitrogen and oxygen atoms in total. The standard InChI is InChI=1S/C13H22N2O2S/c1-3-5-11-18(16,17)15-13-8-6-12(7-9-13)14-10-4-2/h6-9,14-15H,3-5,10-11H2,1-2H3. The molecule has 0 heterocycles. The number of sulfonamides is 1. The maximum Gasteiger partial charge on any atom is 0.232 e. The third-order valence-corrected chi connectivity index (χ3v) is 3.88. The lowest BCUT2D eigenvalue weighted by molar-refractivity contribution is 0.598. The summed E-state index contributed by atoms with van der Waals surface area (Å²) in [5.74, 6) is 0.180. The predicted molar refractivity (Wildman–Crippen MR) is 77.5 cm³/mol. The van der Waals surface area contributed by atoms with Crippen LogP contribution in [0.15, 0.2) is 24.3 Å². The van der Waals surface area contributed by atoms with Crippen molar-refractivity contribution in [3.05, 3.63) is 24.3 Å². The molecule has 5 heteroatoms. The maximum atomic E-state index is 11.7. The summed E-state index contributed by atoms with van der Waals surface area (Å²) in [7, 11) is -3.20. The predicted octanol–water partition coefficient (Wildman–Crippen LogP) is 3.05. The van der Waals surface area contributed by atoms with E-state index in [1.54, 1.807) is 12.1 Å². The summed E-state index contributed by atoms with van der Waals surface area (Å²) in [6.07, 6.45) is 2.62. The lowest BCUT2D eigenvalue weighted by Crippen LogP contribution is -2.16. The lowest BCUT2D eigenvalue weighted by Gasteiger charge is -2.09.